The molecular weight excluding hydrogens is 382 g/mol. The van der Waals surface area contributed by atoms with Gasteiger partial charge in [-0.15, -0.1) is 0 Å². The number of nitrogens with zero attached hydrogens (tertiary/aromatic N) is 5. The Bertz CT molecular complexity index is 1110. The molecule has 0 bridgehead atoms. The molecular formula is C18H19N5O6. The highest BCUT2D eigenvalue weighted by atomic mass is 16.3. The van der Waals surface area contributed by atoms with Gasteiger partial charge in [-0.3, -0.25) is 38.3 Å². The molecule has 0 aromatic carbocycles. The van der Waals surface area contributed by atoms with Gasteiger partial charge in [0.15, 0.2) is 0 Å². The van der Waals surface area contributed by atoms with Crippen molar-refractivity contribution >= 4 is 17.8 Å². The summed E-state index contributed by atoms with van der Waals surface area (Å²) in [7, 11) is 4.94. The Labute approximate surface area is 164 Å². The number of imide groups is 2. The van der Waals surface area contributed by atoms with Crippen LogP contribution in [0.2, 0.25) is 0 Å². The number of carbonyl (C=O) groups excluding carboxylic acids is 3. The zero-order valence-corrected chi connectivity index (χ0v) is 16.2. The molecule has 1 saturated heterocycles. The molecule has 2 aromatic rings. The van der Waals surface area contributed by atoms with Crippen molar-refractivity contribution in [3.63, 3.8) is 0 Å². The Hall–Kier alpha value is -3.76. The SMILES string of the molecule is CN1C(=O)C([C@H](c2ccncc2)c2c(O)n(C)c(=O)n(C)c2=O)C(=O)N(C)C1=O. The van der Waals surface area contributed by atoms with E-state index in [1.807, 2.05) is 0 Å². The number of hydrogen-bond donors (Lipinski definition) is 1. The first-order valence-corrected chi connectivity index (χ1v) is 8.57. The van der Waals surface area contributed by atoms with E-state index in [0.29, 0.717) is 5.56 Å². The van der Waals surface area contributed by atoms with Crippen LogP contribution in [0, 0.1) is 5.92 Å². The molecule has 11 heteroatoms. The summed E-state index contributed by atoms with van der Waals surface area (Å²) in [6.45, 7) is 0. The highest BCUT2D eigenvalue weighted by molar-refractivity contribution is 6.16. The van der Waals surface area contributed by atoms with Crippen LogP contribution in [-0.2, 0) is 23.7 Å². The highest BCUT2D eigenvalue weighted by Gasteiger charge is 2.49. The Morgan fingerprint density at radius 1 is 0.897 bits per heavy atom. The third-order valence-electron chi connectivity index (χ3n) is 5.14. The summed E-state index contributed by atoms with van der Waals surface area (Å²) >= 11 is 0. The quantitative estimate of drug-likeness (QED) is 0.651. The van der Waals surface area contributed by atoms with Gasteiger partial charge in [0.05, 0.1) is 5.56 Å². The van der Waals surface area contributed by atoms with Crippen molar-refractivity contribution in [2.24, 2.45) is 20.0 Å². The van der Waals surface area contributed by atoms with Gasteiger partial charge in [0.25, 0.3) is 5.56 Å². The fraction of sp³-hybridized carbons (Fsp3) is 0.333. The summed E-state index contributed by atoms with van der Waals surface area (Å²) in [5.41, 5.74) is -1.58. The van der Waals surface area contributed by atoms with Crippen molar-refractivity contribution in [3.8, 4) is 5.88 Å². The molecule has 3 heterocycles. The largest absolute Gasteiger partial charge is 0.494 e. The normalized spacial score (nSPS) is 16.5. The molecule has 11 nitrogen and oxygen atoms in total. The van der Waals surface area contributed by atoms with Crippen LogP contribution in [0.3, 0.4) is 0 Å². The highest BCUT2D eigenvalue weighted by Crippen LogP contribution is 2.37. The maximum absolute atomic E-state index is 12.9. The van der Waals surface area contributed by atoms with Gasteiger partial charge in [-0.25, -0.2) is 9.59 Å². The van der Waals surface area contributed by atoms with Gasteiger partial charge in [-0.05, 0) is 17.7 Å². The smallest absolute Gasteiger partial charge is 0.333 e. The summed E-state index contributed by atoms with van der Waals surface area (Å²) in [6, 6.07) is 2.18. The van der Waals surface area contributed by atoms with E-state index in [4.69, 9.17) is 0 Å². The molecule has 1 fully saturated rings. The number of aromatic hydroxyl groups is 1. The molecule has 1 atom stereocenters. The maximum Gasteiger partial charge on any atom is 0.333 e. The van der Waals surface area contributed by atoms with Crippen molar-refractivity contribution in [1.82, 2.24) is 23.9 Å². The molecule has 29 heavy (non-hydrogen) atoms. The molecule has 152 valence electrons. The Balaban J connectivity index is 2.37. The summed E-state index contributed by atoms with van der Waals surface area (Å²) in [6.07, 6.45) is 2.81. The van der Waals surface area contributed by atoms with Gasteiger partial charge in [0, 0.05) is 46.5 Å². The molecule has 0 radical (unpaired) electrons. The number of pyridine rings is 1. The van der Waals surface area contributed by atoms with E-state index >= 15 is 0 Å². The molecule has 0 saturated carbocycles. The van der Waals surface area contributed by atoms with E-state index < -0.39 is 46.8 Å². The number of rotatable bonds is 3. The molecule has 4 amide bonds. The molecule has 0 unspecified atom stereocenters. The lowest BCUT2D eigenvalue weighted by atomic mass is 9.79. The molecule has 1 aliphatic rings. The fourth-order valence-corrected chi connectivity index (χ4v) is 3.45. The summed E-state index contributed by atoms with van der Waals surface area (Å²) in [5.74, 6) is -5.06. The minimum Gasteiger partial charge on any atom is -0.494 e. The topological polar surface area (TPSA) is 135 Å². The molecule has 1 N–H and O–H groups in total. The van der Waals surface area contributed by atoms with Crippen LogP contribution in [0.15, 0.2) is 34.1 Å². The van der Waals surface area contributed by atoms with Gasteiger partial charge < -0.3 is 5.11 Å². The third-order valence-corrected chi connectivity index (χ3v) is 5.14. The number of urea groups is 1. The fourth-order valence-electron chi connectivity index (χ4n) is 3.45. The standard InChI is InChI=1S/C18H19N5O6/c1-20-13(24)11(14(25)21(2)17(20)28)10(9-5-7-19-8-6-9)12-15(26)22(3)18(29)23(4)16(12)27/h5-8,10-11,26H,1-4H3/t10-/m0/s1. The summed E-state index contributed by atoms with van der Waals surface area (Å²) in [4.78, 5) is 68.5. The number of hydrogen-bond acceptors (Lipinski definition) is 7. The minimum absolute atomic E-state index is 0.302. The van der Waals surface area contributed by atoms with Crippen LogP contribution in [0.4, 0.5) is 4.79 Å². The summed E-state index contributed by atoms with van der Waals surface area (Å²) < 4.78 is 1.63. The van der Waals surface area contributed by atoms with Gasteiger partial charge in [-0.1, -0.05) is 0 Å². The van der Waals surface area contributed by atoms with Crippen LogP contribution in [0.1, 0.15) is 17.0 Å². The first-order chi connectivity index (χ1) is 13.6. The molecule has 0 aliphatic carbocycles. The molecule has 0 spiro atoms. The van der Waals surface area contributed by atoms with Gasteiger partial charge in [0.1, 0.15) is 5.92 Å². The Morgan fingerprint density at radius 3 is 1.93 bits per heavy atom. The number of barbiturate groups is 1. The van der Waals surface area contributed by atoms with E-state index in [1.54, 1.807) is 0 Å². The monoisotopic (exact) mass is 401 g/mol. The van der Waals surface area contributed by atoms with Crippen LogP contribution in [0.25, 0.3) is 0 Å². The van der Waals surface area contributed by atoms with Crippen LogP contribution in [0.5, 0.6) is 5.88 Å². The van der Waals surface area contributed by atoms with Gasteiger partial charge in [0.2, 0.25) is 17.7 Å². The van der Waals surface area contributed by atoms with Gasteiger partial charge in [-0.2, -0.15) is 0 Å². The van der Waals surface area contributed by atoms with E-state index in [1.165, 1.54) is 52.7 Å². The zero-order valence-electron chi connectivity index (χ0n) is 16.2. The van der Waals surface area contributed by atoms with Crippen LogP contribution < -0.4 is 11.2 Å². The summed E-state index contributed by atoms with van der Waals surface area (Å²) in [5, 5.41) is 10.6. The van der Waals surface area contributed by atoms with E-state index in [2.05, 4.69) is 4.98 Å². The average Bonchev–Trinajstić information content (AvgIpc) is 2.73. The predicted molar refractivity (Wildman–Crippen MR) is 99.1 cm³/mol. The number of amides is 4. The number of carbonyl (C=O) groups is 3. The van der Waals surface area contributed by atoms with Crippen LogP contribution >= 0.6 is 0 Å². The third kappa shape index (κ3) is 2.91. The van der Waals surface area contributed by atoms with Crippen LogP contribution in [-0.4, -0.2) is 61.0 Å². The van der Waals surface area contributed by atoms with Crippen molar-refractivity contribution in [3.05, 3.63) is 56.5 Å². The lowest BCUT2D eigenvalue weighted by Gasteiger charge is -2.36. The lowest BCUT2D eigenvalue weighted by molar-refractivity contribution is -0.148. The van der Waals surface area contributed by atoms with Crippen molar-refractivity contribution in [2.45, 2.75) is 5.92 Å². The Kier molecular flexibility index (Phi) is 4.83. The second kappa shape index (κ2) is 7.00. The van der Waals surface area contributed by atoms with Gasteiger partial charge >= 0.3 is 11.7 Å². The zero-order chi connectivity index (χ0) is 21.6. The van der Waals surface area contributed by atoms with E-state index in [9.17, 15) is 29.1 Å². The first kappa shape index (κ1) is 20.0. The van der Waals surface area contributed by atoms with Crippen molar-refractivity contribution < 1.29 is 19.5 Å². The first-order valence-electron chi connectivity index (χ1n) is 8.57. The lowest BCUT2D eigenvalue weighted by Crippen LogP contribution is -2.58. The average molecular weight is 401 g/mol. The van der Waals surface area contributed by atoms with Crippen molar-refractivity contribution in [1.29, 1.82) is 0 Å². The minimum atomic E-state index is -1.50. The molecule has 1 aliphatic heterocycles. The second-order valence-electron chi connectivity index (χ2n) is 6.76. The Morgan fingerprint density at radius 2 is 1.41 bits per heavy atom. The number of aromatic nitrogens is 3. The second-order valence-corrected chi connectivity index (χ2v) is 6.76. The van der Waals surface area contributed by atoms with Crippen molar-refractivity contribution in [2.75, 3.05) is 14.1 Å². The molecule has 3 rings (SSSR count). The van der Waals surface area contributed by atoms with E-state index in [-0.39, 0.29) is 5.56 Å². The maximum atomic E-state index is 12.9. The predicted octanol–water partition coefficient (Wildman–Crippen LogP) is -1.02. The van der Waals surface area contributed by atoms with E-state index in [0.717, 1.165) is 18.9 Å². The molecule has 2 aromatic heterocycles.